The molecule has 21 heavy (non-hydrogen) atoms. The van der Waals surface area contributed by atoms with Gasteiger partial charge in [0.15, 0.2) is 0 Å². The lowest BCUT2D eigenvalue weighted by molar-refractivity contribution is -0.0103. The Kier molecular flexibility index (Phi) is 3.04. The Morgan fingerprint density at radius 3 is 1.95 bits per heavy atom. The maximum atomic E-state index is 12.0. The van der Waals surface area contributed by atoms with Crippen molar-refractivity contribution in [2.75, 3.05) is 0 Å². The third kappa shape index (κ3) is 2.20. The summed E-state index contributed by atoms with van der Waals surface area (Å²) in [5.74, 6) is -1.62. The lowest BCUT2D eigenvalue weighted by atomic mass is 10.1. The minimum atomic E-state index is -4.28. The fourth-order valence-corrected chi connectivity index (χ4v) is 2.75. The van der Waals surface area contributed by atoms with Crippen LogP contribution in [-0.2, 0) is 14.4 Å². The lowest BCUT2D eigenvalue weighted by Crippen LogP contribution is -2.32. The van der Waals surface area contributed by atoms with E-state index in [0.29, 0.717) is 0 Å². The molecule has 0 fully saturated rings. The van der Waals surface area contributed by atoms with Crippen LogP contribution >= 0.6 is 0 Å². The first-order valence-corrected chi connectivity index (χ1v) is 7.24. The molecule has 1 aliphatic heterocycles. The first kappa shape index (κ1) is 13.4. The molecule has 0 unspecified atom stereocenters. The second-order valence-electron chi connectivity index (χ2n) is 4.16. The molecular formula is C13H8N2O5S. The summed E-state index contributed by atoms with van der Waals surface area (Å²) >= 11 is 0. The molecule has 2 heterocycles. The predicted molar refractivity (Wildman–Crippen MR) is 69.4 cm³/mol. The minimum Gasteiger partial charge on any atom is -0.266 e. The molecule has 1 aromatic heterocycles. The van der Waals surface area contributed by atoms with Crippen LogP contribution in [0.15, 0.2) is 53.7 Å². The number of imide groups is 1. The van der Waals surface area contributed by atoms with Crippen LogP contribution < -0.4 is 0 Å². The maximum Gasteiger partial charge on any atom is 0.318 e. The van der Waals surface area contributed by atoms with Gasteiger partial charge in [0.1, 0.15) is 0 Å². The number of benzene rings is 1. The van der Waals surface area contributed by atoms with Crippen LogP contribution in [0, 0.1) is 0 Å². The van der Waals surface area contributed by atoms with Crippen molar-refractivity contribution in [3.8, 4) is 0 Å². The van der Waals surface area contributed by atoms with E-state index in [1.807, 2.05) is 0 Å². The van der Waals surface area contributed by atoms with Crippen molar-refractivity contribution in [3.63, 3.8) is 0 Å². The van der Waals surface area contributed by atoms with Crippen LogP contribution in [-0.4, -0.2) is 30.3 Å². The van der Waals surface area contributed by atoms with Crippen LogP contribution in [0.4, 0.5) is 0 Å². The van der Waals surface area contributed by atoms with Crippen molar-refractivity contribution in [2.45, 2.75) is 4.90 Å². The molecule has 2 amide bonds. The first-order valence-electron chi connectivity index (χ1n) is 5.83. The number of pyridine rings is 1. The van der Waals surface area contributed by atoms with Gasteiger partial charge in [-0.05, 0) is 24.3 Å². The molecule has 1 aliphatic rings. The average molecular weight is 304 g/mol. The van der Waals surface area contributed by atoms with Crippen molar-refractivity contribution in [1.82, 2.24) is 10.0 Å². The molecule has 3 rings (SSSR count). The van der Waals surface area contributed by atoms with Crippen molar-refractivity contribution in [1.29, 1.82) is 0 Å². The van der Waals surface area contributed by atoms with E-state index >= 15 is 0 Å². The van der Waals surface area contributed by atoms with Gasteiger partial charge in [0, 0.05) is 12.4 Å². The molecule has 1 aromatic carbocycles. The number of aromatic nitrogens is 1. The zero-order chi connectivity index (χ0) is 15.0. The maximum absolute atomic E-state index is 12.0. The summed E-state index contributed by atoms with van der Waals surface area (Å²) in [6.07, 6.45) is 2.53. The second-order valence-corrected chi connectivity index (χ2v) is 5.69. The van der Waals surface area contributed by atoms with E-state index in [4.69, 9.17) is 0 Å². The first-order chi connectivity index (χ1) is 10.0. The molecule has 0 atom stereocenters. The highest BCUT2D eigenvalue weighted by Gasteiger charge is 2.39. The van der Waals surface area contributed by atoms with Crippen LogP contribution in [0.25, 0.3) is 0 Å². The number of nitrogens with zero attached hydrogens (tertiary/aromatic N) is 2. The Balaban J connectivity index is 1.94. The monoisotopic (exact) mass is 304 g/mol. The topological polar surface area (TPSA) is 93.6 Å². The highest BCUT2D eigenvalue weighted by molar-refractivity contribution is 7.86. The standard InChI is InChI=1S/C13H8N2O5S/c16-12-10-3-1-2-4-11(10)13(17)15(12)20-21(18,19)9-5-7-14-8-6-9/h1-8H. The number of carbonyl (C=O) groups excluding carboxylic acids is 2. The highest BCUT2D eigenvalue weighted by Crippen LogP contribution is 2.25. The normalized spacial score (nSPS) is 14.4. The van der Waals surface area contributed by atoms with Crippen LogP contribution in [0.1, 0.15) is 20.7 Å². The van der Waals surface area contributed by atoms with Crippen LogP contribution in [0.2, 0.25) is 0 Å². The van der Waals surface area contributed by atoms with E-state index in [1.54, 1.807) is 12.1 Å². The number of carbonyl (C=O) groups is 2. The van der Waals surface area contributed by atoms with E-state index in [2.05, 4.69) is 9.27 Å². The quantitative estimate of drug-likeness (QED) is 0.785. The van der Waals surface area contributed by atoms with Gasteiger partial charge in [0.05, 0.1) is 16.0 Å². The van der Waals surface area contributed by atoms with Crippen molar-refractivity contribution in [2.24, 2.45) is 0 Å². The fourth-order valence-electron chi connectivity index (χ4n) is 1.88. The summed E-state index contributed by atoms with van der Waals surface area (Å²) in [5.41, 5.74) is 0.208. The van der Waals surface area contributed by atoms with Gasteiger partial charge in [-0.2, -0.15) is 8.42 Å². The molecule has 0 bridgehead atoms. The largest absolute Gasteiger partial charge is 0.318 e. The summed E-state index contributed by atoms with van der Waals surface area (Å²) in [6.45, 7) is 0. The van der Waals surface area contributed by atoms with Gasteiger partial charge in [0.25, 0.3) is 11.8 Å². The molecule has 0 saturated carbocycles. The molecule has 0 aliphatic carbocycles. The van der Waals surface area contributed by atoms with E-state index in [-0.39, 0.29) is 21.1 Å². The Morgan fingerprint density at radius 2 is 1.43 bits per heavy atom. The molecular weight excluding hydrogens is 296 g/mol. The zero-order valence-corrected chi connectivity index (χ0v) is 11.3. The van der Waals surface area contributed by atoms with E-state index in [1.165, 1.54) is 36.7 Å². The Labute approximate surface area is 119 Å². The van der Waals surface area contributed by atoms with Gasteiger partial charge >= 0.3 is 10.1 Å². The SMILES string of the molecule is O=C1c2ccccc2C(=O)N1OS(=O)(=O)c1ccncc1. The van der Waals surface area contributed by atoms with Gasteiger partial charge in [-0.3, -0.25) is 14.6 Å². The third-order valence-corrected chi connectivity index (χ3v) is 4.06. The van der Waals surface area contributed by atoms with Crippen molar-refractivity contribution < 1.29 is 22.3 Å². The summed E-state index contributed by atoms with van der Waals surface area (Å²) in [4.78, 5) is 27.5. The third-order valence-electron chi connectivity index (χ3n) is 2.87. The lowest BCUT2D eigenvalue weighted by Gasteiger charge is -2.12. The molecule has 0 spiro atoms. The molecule has 0 saturated heterocycles. The second kappa shape index (κ2) is 4.76. The predicted octanol–water partition coefficient (Wildman–Crippen LogP) is 0.998. The highest BCUT2D eigenvalue weighted by atomic mass is 32.2. The Bertz CT molecular complexity index is 798. The molecule has 2 aromatic rings. The summed E-state index contributed by atoms with van der Waals surface area (Å²) in [6, 6.07) is 8.41. The van der Waals surface area contributed by atoms with E-state index in [0.717, 1.165) is 0 Å². The van der Waals surface area contributed by atoms with Gasteiger partial charge in [0.2, 0.25) is 0 Å². The van der Waals surface area contributed by atoms with Gasteiger partial charge in [-0.25, -0.2) is 0 Å². The number of rotatable bonds is 3. The minimum absolute atomic E-state index is 0.104. The van der Waals surface area contributed by atoms with E-state index < -0.39 is 21.9 Å². The molecule has 0 radical (unpaired) electrons. The smallest absolute Gasteiger partial charge is 0.266 e. The van der Waals surface area contributed by atoms with Gasteiger partial charge in [-0.15, -0.1) is 9.35 Å². The van der Waals surface area contributed by atoms with Gasteiger partial charge < -0.3 is 0 Å². The van der Waals surface area contributed by atoms with Crippen molar-refractivity contribution in [3.05, 3.63) is 59.9 Å². The number of hydrogen-bond donors (Lipinski definition) is 0. The summed E-state index contributed by atoms with van der Waals surface area (Å²) in [7, 11) is -4.28. The van der Waals surface area contributed by atoms with Crippen LogP contribution in [0.5, 0.6) is 0 Å². The van der Waals surface area contributed by atoms with Gasteiger partial charge in [-0.1, -0.05) is 12.1 Å². The summed E-state index contributed by atoms with van der Waals surface area (Å²) in [5, 5.41) is 0.250. The molecule has 7 nitrogen and oxygen atoms in total. The van der Waals surface area contributed by atoms with E-state index in [9.17, 15) is 18.0 Å². The fraction of sp³-hybridized carbons (Fsp3) is 0. The Hall–Kier alpha value is -2.58. The molecule has 106 valence electrons. The van der Waals surface area contributed by atoms with Crippen LogP contribution in [0.3, 0.4) is 0 Å². The number of amides is 2. The average Bonchev–Trinajstić information content (AvgIpc) is 2.74. The number of fused-ring (bicyclic) bond motifs is 1. The summed E-state index contributed by atoms with van der Waals surface area (Å²) < 4.78 is 28.7. The number of hydrogen-bond acceptors (Lipinski definition) is 6. The number of hydroxylamine groups is 2. The zero-order valence-electron chi connectivity index (χ0n) is 10.5. The Morgan fingerprint density at radius 1 is 0.905 bits per heavy atom. The molecule has 0 N–H and O–H groups in total. The van der Waals surface area contributed by atoms with Crippen molar-refractivity contribution >= 4 is 21.9 Å². The molecule has 8 heteroatoms.